The van der Waals surface area contributed by atoms with E-state index in [0.29, 0.717) is 5.41 Å². The lowest BCUT2D eigenvalue weighted by molar-refractivity contribution is 0.330. The van der Waals surface area contributed by atoms with Crippen LogP contribution < -0.4 is 5.32 Å². The van der Waals surface area contributed by atoms with Crippen molar-refractivity contribution in [2.75, 3.05) is 13.1 Å². The van der Waals surface area contributed by atoms with E-state index in [1.807, 2.05) is 11.3 Å². The summed E-state index contributed by atoms with van der Waals surface area (Å²) in [6.45, 7) is 9.09. The monoisotopic (exact) mass is 211 g/mol. The van der Waals surface area contributed by atoms with Gasteiger partial charge >= 0.3 is 0 Å². The highest BCUT2D eigenvalue weighted by atomic mass is 32.1. The third-order valence-electron chi connectivity index (χ3n) is 2.69. The van der Waals surface area contributed by atoms with E-state index in [0.717, 1.165) is 19.5 Å². The smallest absolute Gasteiger partial charge is 0.00578 e. The SMILES string of the molecule is CCC(C)(C)CNCCc1cccs1. The molecule has 0 unspecified atom stereocenters. The van der Waals surface area contributed by atoms with Crippen molar-refractivity contribution >= 4 is 11.3 Å². The first kappa shape index (κ1) is 11.7. The molecule has 0 fully saturated rings. The number of hydrogen-bond acceptors (Lipinski definition) is 2. The minimum Gasteiger partial charge on any atom is -0.316 e. The average molecular weight is 211 g/mol. The molecule has 80 valence electrons. The van der Waals surface area contributed by atoms with Gasteiger partial charge in [0.1, 0.15) is 0 Å². The summed E-state index contributed by atoms with van der Waals surface area (Å²) in [5.74, 6) is 0. The van der Waals surface area contributed by atoms with E-state index in [-0.39, 0.29) is 0 Å². The zero-order valence-electron chi connectivity index (χ0n) is 9.47. The molecule has 1 N–H and O–H groups in total. The van der Waals surface area contributed by atoms with Gasteiger partial charge < -0.3 is 5.32 Å². The first-order valence-corrected chi connectivity index (χ1v) is 6.25. The van der Waals surface area contributed by atoms with E-state index in [2.05, 4.69) is 43.6 Å². The van der Waals surface area contributed by atoms with Crippen molar-refractivity contribution in [2.24, 2.45) is 5.41 Å². The highest BCUT2D eigenvalue weighted by molar-refractivity contribution is 7.09. The summed E-state index contributed by atoms with van der Waals surface area (Å²) < 4.78 is 0. The first-order valence-electron chi connectivity index (χ1n) is 5.37. The minimum atomic E-state index is 0.440. The molecule has 0 aliphatic heterocycles. The second kappa shape index (κ2) is 5.52. The summed E-state index contributed by atoms with van der Waals surface area (Å²) in [6.07, 6.45) is 2.40. The zero-order valence-corrected chi connectivity index (χ0v) is 10.3. The predicted molar refractivity (Wildman–Crippen MR) is 65.0 cm³/mol. The van der Waals surface area contributed by atoms with Gasteiger partial charge in [0.2, 0.25) is 0 Å². The van der Waals surface area contributed by atoms with E-state index >= 15 is 0 Å². The molecule has 2 heteroatoms. The van der Waals surface area contributed by atoms with Crippen LogP contribution in [0.25, 0.3) is 0 Å². The molecule has 0 saturated heterocycles. The Labute approximate surface area is 91.5 Å². The highest BCUT2D eigenvalue weighted by Crippen LogP contribution is 2.17. The van der Waals surface area contributed by atoms with E-state index in [1.54, 1.807) is 0 Å². The van der Waals surface area contributed by atoms with Gasteiger partial charge in [0.05, 0.1) is 0 Å². The van der Waals surface area contributed by atoms with Crippen molar-refractivity contribution in [3.05, 3.63) is 22.4 Å². The van der Waals surface area contributed by atoms with Gasteiger partial charge in [-0.2, -0.15) is 0 Å². The standard InChI is InChI=1S/C12H21NS/c1-4-12(2,3)10-13-8-7-11-6-5-9-14-11/h5-6,9,13H,4,7-8,10H2,1-3H3. The van der Waals surface area contributed by atoms with E-state index in [1.165, 1.54) is 11.3 Å². The molecule has 1 heterocycles. The van der Waals surface area contributed by atoms with Crippen LogP contribution >= 0.6 is 11.3 Å². The third kappa shape index (κ3) is 4.25. The molecule has 0 aliphatic carbocycles. The van der Waals surface area contributed by atoms with Crippen molar-refractivity contribution < 1.29 is 0 Å². The molecule has 1 aromatic heterocycles. The summed E-state index contributed by atoms with van der Waals surface area (Å²) in [7, 11) is 0. The van der Waals surface area contributed by atoms with Crippen LogP contribution in [0.15, 0.2) is 17.5 Å². The highest BCUT2D eigenvalue weighted by Gasteiger charge is 2.13. The topological polar surface area (TPSA) is 12.0 Å². The van der Waals surface area contributed by atoms with Gasteiger partial charge in [0.15, 0.2) is 0 Å². The Hall–Kier alpha value is -0.340. The van der Waals surface area contributed by atoms with Crippen molar-refractivity contribution in [3.63, 3.8) is 0 Å². The third-order valence-corrected chi connectivity index (χ3v) is 3.63. The zero-order chi connectivity index (χ0) is 10.4. The Kier molecular flexibility index (Phi) is 4.63. The molecular weight excluding hydrogens is 190 g/mol. The molecule has 0 radical (unpaired) electrons. The fourth-order valence-corrected chi connectivity index (χ4v) is 1.93. The Bertz CT molecular complexity index is 239. The Morgan fingerprint density at radius 1 is 1.43 bits per heavy atom. The van der Waals surface area contributed by atoms with E-state index in [9.17, 15) is 0 Å². The fourth-order valence-electron chi connectivity index (χ4n) is 1.22. The van der Waals surface area contributed by atoms with Gasteiger partial charge in [-0.25, -0.2) is 0 Å². The van der Waals surface area contributed by atoms with Gasteiger partial charge in [-0.05, 0) is 36.2 Å². The maximum absolute atomic E-state index is 3.52. The molecule has 0 atom stereocenters. The van der Waals surface area contributed by atoms with Gasteiger partial charge in [0.25, 0.3) is 0 Å². The largest absolute Gasteiger partial charge is 0.316 e. The molecule has 1 rings (SSSR count). The second-order valence-corrected chi connectivity index (χ2v) is 5.56. The summed E-state index contributed by atoms with van der Waals surface area (Å²) in [6, 6.07) is 4.33. The maximum Gasteiger partial charge on any atom is 0.00578 e. The second-order valence-electron chi connectivity index (χ2n) is 4.52. The Balaban J connectivity index is 2.11. The van der Waals surface area contributed by atoms with E-state index in [4.69, 9.17) is 0 Å². The lowest BCUT2D eigenvalue weighted by atomic mass is 9.90. The van der Waals surface area contributed by atoms with Crippen molar-refractivity contribution in [3.8, 4) is 0 Å². The maximum atomic E-state index is 3.52. The minimum absolute atomic E-state index is 0.440. The van der Waals surface area contributed by atoms with Crippen LogP contribution in [-0.2, 0) is 6.42 Å². The average Bonchev–Trinajstić information content (AvgIpc) is 2.65. The molecule has 0 spiro atoms. The molecule has 1 nitrogen and oxygen atoms in total. The van der Waals surface area contributed by atoms with Gasteiger partial charge in [-0.3, -0.25) is 0 Å². The number of thiophene rings is 1. The van der Waals surface area contributed by atoms with Crippen LogP contribution in [0.2, 0.25) is 0 Å². The van der Waals surface area contributed by atoms with Crippen molar-refractivity contribution in [1.82, 2.24) is 5.32 Å². The van der Waals surface area contributed by atoms with Crippen LogP contribution in [0, 0.1) is 5.41 Å². The van der Waals surface area contributed by atoms with E-state index < -0.39 is 0 Å². The van der Waals surface area contributed by atoms with Crippen molar-refractivity contribution in [1.29, 1.82) is 0 Å². The molecule has 0 amide bonds. The molecule has 0 aromatic carbocycles. The Morgan fingerprint density at radius 3 is 2.79 bits per heavy atom. The molecule has 0 aliphatic rings. The number of rotatable bonds is 6. The summed E-state index contributed by atoms with van der Waals surface area (Å²) in [5, 5.41) is 5.67. The fraction of sp³-hybridized carbons (Fsp3) is 0.667. The molecular formula is C12H21NS. The van der Waals surface area contributed by atoms with Crippen LogP contribution in [0.1, 0.15) is 32.1 Å². The van der Waals surface area contributed by atoms with Gasteiger partial charge in [-0.1, -0.05) is 26.8 Å². The Morgan fingerprint density at radius 2 is 2.21 bits per heavy atom. The number of hydrogen-bond donors (Lipinski definition) is 1. The molecule has 0 saturated carbocycles. The lowest BCUT2D eigenvalue weighted by Gasteiger charge is -2.22. The lowest BCUT2D eigenvalue weighted by Crippen LogP contribution is -2.30. The van der Waals surface area contributed by atoms with Crippen LogP contribution in [0.3, 0.4) is 0 Å². The van der Waals surface area contributed by atoms with Crippen LogP contribution in [-0.4, -0.2) is 13.1 Å². The number of nitrogens with one attached hydrogen (secondary N) is 1. The van der Waals surface area contributed by atoms with Crippen LogP contribution in [0.5, 0.6) is 0 Å². The summed E-state index contributed by atoms with van der Waals surface area (Å²) in [4.78, 5) is 1.48. The summed E-state index contributed by atoms with van der Waals surface area (Å²) in [5.41, 5.74) is 0.440. The van der Waals surface area contributed by atoms with Gasteiger partial charge in [-0.15, -0.1) is 11.3 Å². The van der Waals surface area contributed by atoms with Crippen molar-refractivity contribution in [2.45, 2.75) is 33.6 Å². The summed E-state index contributed by atoms with van der Waals surface area (Å²) >= 11 is 1.85. The normalized spacial score (nSPS) is 11.9. The van der Waals surface area contributed by atoms with Crippen LogP contribution in [0.4, 0.5) is 0 Å². The first-order chi connectivity index (χ1) is 6.64. The predicted octanol–water partition coefficient (Wildman–Crippen LogP) is 3.32. The molecule has 14 heavy (non-hydrogen) atoms. The quantitative estimate of drug-likeness (QED) is 0.712. The van der Waals surface area contributed by atoms with Gasteiger partial charge in [0, 0.05) is 11.4 Å². The molecule has 0 bridgehead atoms. The molecule has 1 aromatic rings.